The number of amides is 2. The molecule has 2 aliphatic heterocycles. The lowest BCUT2D eigenvalue weighted by Gasteiger charge is -2.38. The number of rotatable bonds is 4. The third kappa shape index (κ3) is 3.84. The Bertz CT molecular complexity index is 417. The highest BCUT2D eigenvalue weighted by Gasteiger charge is 2.35. The Labute approximate surface area is 141 Å². The van der Waals surface area contributed by atoms with Crippen molar-refractivity contribution in [2.75, 3.05) is 19.6 Å². The predicted molar refractivity (Wildman–Crippen MR) is 92.5 cm³/mol. The van der Waals surface area contributed by atoms with E-state index >= 15 is 0 Å². The number of fused-ring (bicyclic) bond motifs is 1. The highest BCUT2D eigenvalue weighted by Crippen LogP contribution is 2.33. The molecule has 4 aliphatic rings. The molecule has 0 aromatic heterocycles. The second-order valence-electron chi connectivity index (χ2n) is 8.39. The molecule has 0 spiro atoms. The maximum absolute atomic E-state index is 13.0. The Hall–Kier alpha value is -0.770. The molecule has 2 saturated heterocycles. The molecule has 2 atom stereocenters. The van der Waals surface area contributed by atoms with Crippen LogP contribution in [0.2, 0.25) is 0 Å². The van der Waals surface area contributed by atoms with Gasteiger partial charge in [-0.2, -0.15) is 0 Å². The van der Waals surface area contributed by atoms with Crippen LogP contribution in [0.3, 0.4) is 0 Å². The normalized spacial score (nSPS) is 32.5. The first-order valence-electron chi connectivity index (χ1n) is 10.1. The van der Waals surface area contributed by atoms with E-state index in [-0.39, 0.29) is 6.03 Å². The third-order valence-electron chi connectivity index (χ3n) is 6.58. The SMILES string of the molecule is O=C(NC1CCN2CCCC2C1)N(CC1CC1)C1CCCCC1. The van der Waals surface area contributed by atoms with E-state index in [1.165, 1.54) is 77.3 Å². The van der Waals surface area contributed by atoms with Crippen molar-refractivity contribution >= 4 is 6.03 Å². The fraction of sp³-hybridized carbons (Fsp3) is 0.947. The topological polar surface area (TPSA) is 35.6 Å². The van der Waals surface area contributed by atoms with E-state index in [0.717, 1.165) is 24.9 Å². The van der Waals surface area contributed by atoms with Gasteiger partial charge in [0, 0.05) is 31.2 Å². The lowest BCUT2D eigenvalue weighted by molar-refractivity contribution is 0.133. The minimum atomic E-state index is 0.250. The first kappa shape index (κ1) is 15.7. The summed E-state index contributed by atoms with van der Waals surface area (Å²) in [6.07, 6.45) is 14.1. The minimum Gasteiger partial charge on any atom is -0.335 e. The fourth-order valence-corrected chi connectivity index (χ4v) is 4.98. The van der Waals surface area contributed by atoms with Gasteiger partial charge in [-0.1, -0.05) is 19.3 Å². The third-order valence-corrected chi connectivity index (χ3v) is 6.58. The molecule has 0 aromatic rings. The van der Waals surface area contributed by atoms with Gasteiger partial charge < -0.3 is 15.1 Å². The van der Waals surface area contributed by atoms with Gasteiger partial charge in [0.25, 0.3) is 0 Å². The molecule has 4 rings (SSSR count). The molecule has 130 valence electrons. The highest BCUT2D eigenvalue weighted by molar-refractivity contribution is 5.75. The standard InChI is InChI=1S/C19H33N3O/c23-19(20-16-10-12-21-11-4-7-18(21)13-16)22(14-15-8-9-15)17-5-2-1-3-6-17/h15-18H,1-14H2,(H,20,23). The van der Waals surface area contributed by atoms with Crippen molar-refractivity contribution in [3.8, 4) is 0 Å². The van der Waals surface area contributed by atoms with Crippen molar-refractivity contribution in [1.29, 1.82) is 0 Å². The first-order chi connectivity index (χ1) is 11.3. The van der Waals surface area contributed by atoms with Crippen LogP contribution in [-0.2, 0) is 0 Å². The number of nitrogens with one attached hydrogen (secondary N) is 1. The van der Waals surface area contributed by atoms with E-state index in [4.69, 9.17) is 0 Å². The molecule has 2 heterocycles. The van der Waals surface area contributed by atoms with E-state index in [9.17, 15) is 4.79 Å². The van der Waals surface area contributed by atoms with Crippen molar-refractivity contribution in [3.63, 3.8) is 0 Å². The molecular weight excluding hydrogens is 286 g/mol. The van der Waals surface area contributed by atoms with Crippen LogP contribution in [0.1, 0.15) is 70.6 Å². The molecule has 23 heavy (non-hydrogen) atoms. The Morgan fingerprint density at radius 2 is 1.78 bits per heavy atom. The zero-order chi connectivity index (χ0) is 15.6. The fourth-order valence-electron chi connectivity index (χ4n) is 4.98. The molecule has 2 saturated carbocycles. The monoisotopic (exact) mass is 319 g/mol. The van der Waals surface area contributed by atoms with Crippen LogP contribution in [0.5, 0.6) is 0 Å². The van der Waals surface area contributed by atoms with Crippen molar-refractivity contribution in [1.82, 2.24) is 15.1 Å². The number of hydrogen-bond acceptors (Lipinski definition) is 2. The highest BCUT2D eigenvalue weighted by atomic mass is 16.2. The lowest BCUT2D eigenvalue weighted by Crippen LogP contribution is -2.53. The predicted octanol–water partition coefficient (Wildman–Crippen LogP) is 3.37. The van der Waals surface area contributed by atoms with Crippen molar-refractivity contribution in [2.24, 2.45) is 5.92 Å². The second kappa shape index (κ2) is 7.00. The van der Waals surface area contributed by atoms with Crippen LogP contribution in [0.15, 0.2) is 0 Å². The Morgan fingerprint density at radius 1 is 0.957 bits per heavy atom. The summed E-state index contributed by atoms with van der Waals surface area (Å²) >= 11 is 0. The molecule has 0 bridgehead atoms. The zero-order valence-corrected chi connectivity index (χ0v) is 14.5. The number of hydrogen-bond donors (Lipinski definition) is 1. The summed E-state index contributed by atoms with van der Waals surface area (Å²) in [5.41, 5.74) is 0. The molecule has 4 nitrogen and oxygen atoms in total. The average molecular weight is 319 g/mol. The summed E-state index contributed by atoms with van der Waals surface area (Å²) in [5.74, 6) is 0.791. The summed E-state index contributed by atoms with van der Waals surface area (Å²) in [5, 5.41) is 3.42. The van der Waals surface area contributed by atoms with Gasteiger partial charge in [-0.25, -0.2) is 4.79 Å². The van der Waals surface area contributed by atoms with Gasteiger partial charge >= 0.3 is 6.03 Å². The van der Waals surface area contributed by atoms with Crippen molar-refractivity contribution in [2.45, 2.75) is 88.8 Å². The summed E-state index contributed by atoms with van der Waals surface area (Å²) in [4.78, 5) is 17.8. The number of carbonyl (C=O) groups is 1. The maximum Gasteiger partial charge on any atom is 0.317 e. The van der Waals surface area contributed by atoms with Crippen LogP contribution in [0.4, 0.5) is 4.79 Å². The van der Waals surface area contributed by atoms with Gasteiger partial charge in [0.2, 0.25) is 0 Å². The smallest absolute Gasteiger partial charge is 0.317 e. The molecule has 2 amide bonds. The lowest BCUT2D eigenvalue weighted by atomic mass is 9.94. The molecule has 4 fully saturated rings. The van der Waals surface area contributed by atoms with Crippen molar-refractivity contribution in [3.05, 3.63) is 0 Å². The molecule has 1 N–H and O–H groups in total. The second-order valence-corrected chi connectivity index (χ2v) is 8.39. The van der Waals surface area contributed by atoms with Crippen molar-refractivity contribution < 1.29 is 4.79 Å². The molecule has 4 heteroatoms. The summed E-state index contributed by atoms with van der Waals surface area (Å²) in [6, 6.07) is 1.91. The molecule has 0 aromatic carbocycles. The minimum absolute atomic E-state index is 0.250. The van der Waals surface area contributed by atoms with E-state index in [1.54, 1.807) is 0 Å². The molecular formula is C19H33N3O. The quantitative estimate of drug-likeness (QED) is 0.862. The van der Waals surface area contributed by atoms with E-state index in [0.29, 0.717) is 12.1 Å². The van der Waals surface area contributed by atoms with Gasteiger partial charge in [0.05, 0.1) is 0 Å². The van der Waals surface area contributed by atoms with Crippen LogP contribution in [0, 0.1) is 5.92 Å². The zero-order valence-electron chi connectivity index (χ0n) is 14.5. The van der Waals surface area contributed by atoms with Gasteiger partial charge in [-0.3, -0.25) is 0 Å². The van der Waals surface area contributed by atoms with Crippen LogP contribution < -0.4 is 5.32 Å². The molecule has 2 aliphatic carbocycles. The largest absolute Gasteiger partial charge is 0.335 e. The van der Waals surface area contributed by atoms with Gasteiger partial charge in [-0.15, -0.1) is 0 Å². The Morgan fingerprint density at radius 3 is 2.57 bits per heavy atom. The van der Waals surface area contributed by atoms with Gasteiger partial charge in [0.1, 0.15) is 0 Å². The van der Waals surface area contributed by atoms with Gasteiger partial charge in [-0.05, 0) is 63.8 Å². The number of urea groups is 1. The molecule has 2 unspecified atom stereocenters. The van der Waals surface area contributed by atoms with Crippen LogP contribution in [-0.4, -0.2) is 53.6 Å². The first-order valence-corrected chi connectivity index (χ1v) is 10.1. The average Bonchev–Trinajstić information content (AvgIpc) is 3.28. The van der Waals surface area contributed by atoms with E-state index in [1.807, 2.05) is 0 Å². The molecule has 0 radical (unpaired) electrons. The Balaban J connectivity index is 1.34. The van der Waals surface area contributed by atoms with Gasteiger partial charge in [0.15, 0.2) is 0 Å². The summed E-state index contributed by atoms with van der Waals surface area (Å²) in [6.45, 7) is 3.47. The number of carbonyl (C=O) groups excluding carboxylic acids is 1. The van der Waals surface area contributed by atoms with E-state index < -0.39 is 0 Å². The maximum atomic E-state index is 13.0. The Kier molecular flexibility index (Phi) is 4.79. The summed E-state index contributed by atoms with van der Waals surface area (Å²) < 4.78 is 0. The van der Waals surface area contributed by atoms with E-state index in [2.05, 4.69) is 15.1 Å². The number of nitrogens with zero attached hydrogens (tertiary/aromatic N) is 2. The van der Waals surface area contributed by atoms with Crippen LogP contribution >= 0.6 is 0 Å². The van der Waals surface area contributed by atoms with Crippen LogP contribution in [0.25, 0.3) is 0 Å². The number of piperidine rings is 1. The summed E-state index contributed by atoms with van der Waals surface area (Å²) in [7, 11) is 0.